The molecule has 0 amide bonds. The van der Waals surface area contributed by atoms with Crippen molar-refractivity contribution in [3.63, 3.8) is 0 Å². The van der Waals surface area contributed by atoms with E-state index in [1.807, 2.05) is 54.6 Å². The molecule has 3 aromatic rings. The maximum atomic E-state index is 11.1. The fraction of sp³-hybridized carbons (Fsp3) is 0.0952. The molecule has 0 aliphatic heterocycles. The van der Waals surface area contributed by atoms with Crippen molar-refractivity contribution in [3.8, 4) is 5.75 Å². The van der Waals surface area contributed by atoms with E-state index in [0.717, 1.165) is 16.9 Å². The van der Waals surface area contributed by atoms with Gasteiger partial charge < -0.3 is 9.84 Å². The van der Waals surface area contributed by atoms with Crippen molar-refractivity contribution in [2.45, 2.75) is 13.2 Å². The first-order chi connectivity index (χ1) is 13.1. The Labute approximate surface area is 161 Å². The number of azo groups is 1. The molecule has 0 unspecified atom stereocenters. The summed E-state index contributed by atoms with van der Waals surface area (Å²) in [5, 5.41) is 17.4. The van der Waals surface area contributed by atoms with Crippen molar-refractivity contribution >= 4 is 23.3 Å². The highest BCUT2D eigenvalue weighted by molar-refractivity contribution is 6.33. The second kappa shape index (κ2) is 8.96. The van der Waals surface area contributed by atoms with Crippen LogP contribution in [0.25, 0.3) is 0 Å². The van der Waals surface area contributed by atoms with Crippen LogP contribution in [0.4, 0.5) is 5.69 Å². The van der Waals surface area contributed by atoms with E-state index in [4.69, 9.17) is 21.4 Å². The Balaban J connectivity index is 1.56. The molecule has 27 heavy (non-hydrogen) atoms. The zero-order valence-electron chi connectivity index (χ0n) is 14.4. The molecule has 0 aliphatic carbocycles. The maximum absolute atomic E-state index is 11.1. The predicted octanol–water partition coefficient (Wildman–Crippen LogP) is 5.90. The van der Waals surface area contributed by atoms with E-state index in [-0.39, 0.29) is 10.6 Å². The Morgan fingerprint density at radius 3 is 2.41 bits per heavy atom. The summed E-state index contributed by atoms with van der Waals surface area (Å²) in [5.74, 6) is -0.313. The number of carboxylic acids is 1. The third kappa shape index (κ3) is 5.39. The van der Waals surface area contributed by atoms with Gasteiger partial charge in [0, 0.05) is 0 Å². The number of rotatable bonds is 7. The number of aromatic carboxylic acids is 1. The van der Waals surface area contributed by atoms with Gasteiger partial charge in [0.15, 0.2) is 0 Å². The number of carbonyl (C=O) groups is 1. The molecule has 0 atom stereocenters. The fourth-order valence-electron chi connectivity index (χ4n) is 2.37. The Hall–Kier alpha value is -3.18. The number of ether oxygens (including phenoxy) is 1. The van der Waals surface area contributed by atoms with Crippen molar-refractivity contribution in [2.75, 3.05) is 0 Å². The third-order valence-corrected chi connectivity index (χ3v) is 4.12. The smallest absolute Gasteiger partial charge is 0.337 e. The molecule has 0 saturated heterocycles. The first-order valence-electron chi connectivity index (χ1n) is 8.28. The summed E-state index contributed by atoms with van der Waals surface area (Å²) in [6.07, 6.45) is 0. The van der Waals surface area contributed by atoms with Gasteiger partial charge in [-0.1, -0.05) is 54.1 Å². The Morgan fingerprint density at radius 1 is 0.963 bits per heavy atom. The fourth-order valence-corrected chi connectivity index (χ4v) is 2.57. The van der Waals surface area contributed by atoms with Gasteiger partial charge in [-0.05, 0) is 41.5 Å². The van der Waals surface area contributed by atoms with Crippen molar-refractivity contribution in [1.29, 1.82) is 0 Å². The van der Waals surface area contributed by atoms with Crippen LogP contribution in [0.2, 0.25) is 5.02 Å². The summed E-state index contributed by atoms with van der Waals surface area (Å²) in [4.78, 5) is 11.1. The standard InChI is InChI=1S/C21H17ClN2O3/c22-20-11-8-17(12-19(20)21(25)26)24-23-13-15-6-9-18(10-7-15)27-14-16-4-2-1-3-5-16/h1-12H,13-14H2,(H,25,26). The van der Waals surface area contributed by atoms with Crippen molar-refractivity contribution in [2.24, 2.45) is 10.2 Å². The van der Waals surface area contributed by atoms with Gasteiger partial charge in [-0.3, -0.25) is 0 Å². The van der Waals surface area contributed by atoms with E-state index >= 15 is 0 Å². The molecule has 3 rings (SSSR count). The topological polar surface area (TPSA) is 71.2 Å². The quantitative estimate of drug-likeness (QED) is 0.518. The minimum absolute atomic E-state index is 0.00744. The van der Waals surface area contributed by atoms with E-state index < -0.39 is 5.97 Å². The minimum Gasteiger partial charge on any atom is -0.489 e. The summed E-state index contributed by atoms with van der Waals surface area (Å²) in [5.41, 5.74) is 2.53. The van der Waals surface area contributed by atoms with Gasteiger partial charge in [0.05, 0.1) is 22.8 Å². The molecule has 6 heteroatoms. The van der Waals surface area contributed by atoms with Crippen LogP contribution in [-0.4, -0.2) is 11.1 Å². The second-order valence-corrected chi connectivity index (χ2v) is 6.19. The molecule has 0 spiro atoms. The van der Waals surface area contributed by atoms with Crippen LogP contribution in [0.3, 0.4) is 0 Å². The maximum Gasteiger partial charge on any atom is 0.337 e. The molecule has 0 aromatic heterocycles. The zero-order valence-corrected chi connectivity index (χ0v) is 15.1. The highest BCUT2D eigenvalue weighted by atomic mass is 35.5. The second-order valence-electron chi connectivity index (χ2n) is 5.79. The minimum atomic E-state index is -1.09. The number of hydrogen-bond acceptors (Lipinski definition) is 4. The highest BCUT2D eigenvalue weighted by Crippen LogP contribution is 2.23. The van der Waals surface area contributed by atoms with Crippen LogP contribution >= 0.6 is 11.6 Å². The largest absolute Gasteiger partial charge is 0.489 e. The molecule has 3 aromatic carbocycles. The zero-order chi connectivity index (χ0) is 19.1. The molecule has 1 N–H and O–H groups in total. The normalized spacial score (nSPS) is 10.9. The van der Waals surface area contributed by atoms with Crippen molar-refractivity contribution in [3.05, 3.63) is 94.5 Å². The molecule has 0 radical (unpaired) electrons. The lowest BCUT2D eigenvalue weighted by Crippen LogP contribution is -1.96. The summed E-state index contributed by atoms with van der Waals surface area (Å²) in [6.45, 7) is 0.895. The van der Waals surface area contributed by atoms with Crippen LogP contribution < -0.4 is 4.74 Å². The Morgan fingerprint density at radius 2 is 1.70 bits per heavy atom. The van der Waals surface area contributed by atoms with Crippen LogP contribution in [0.5, 0.6) is 5.75 Å². The molecule has 5 nitrogen and oxygen atoms in total. The van der Waals surface area contributed by atoms with E-state index in [1.54, 1.807) is 6.07 Å². The van der Waals surface area contributed by atoms with E-state index in [0.29, 0.717) is 18.8 Å². The lowest BCUT2D eigenvalue weighted by molar-refractivity contribution is 0.0697. The SMILES string of the molecule is O=C(O)c1cc(N=NCc2ccc(OCc3ccccc3)cc2)ccc1Cl. The first kappa shape index (κ1) is 18.6. The summed E-state index contributed by atoms with van der Waals surface area (Å²) >= 11 is 5.84. The van der Waals surface area contributed by atoms with Gasteiger partial charge in [0.2, 0.25) is 0 Å². The molecule has 0 saturated carbocycles. The lowest BCUT2D eigenvalue weighted by atomic mass is 10.2. The number of carboxylic acid groups (broad SMARTS) is 1. The highest BCUT2D eigenvalue weighted by Gasteiger charge is 2.08. The van der Waals surface area contributed by atoms with Gasteiger partial charge in [-0.15, -0.1) is 0 Å². The van der Waals surface area contributed by atoms with E-state index in [9.17, 15) is 4.79 Å². The monoisotopic (exact) mass is 380 g/mol. The Kier molecular flexibility index (Phi) is 6.18. The Bertz CT molecular complexity index is 941. The number of nitrogens with zero attached hydrogens (tertiary/aromatic N) is 2. The molecule has 0 aliphatic rings. The summed E-state index contributed by atoms with van der Waals surface area (Å²) in [6, 6.07) is 22.1. The molecule has 0 bridgehead atoms. The lowest BCUT2D eigenvalue weighted by Gasteiger charge is -2.06. The van der Waals surface area contributed by atoms with Crippen LogP contribution in [0.1, 0.15) is 21.5 Å². The number of hydrogen-bond donors (Lipinski definition) is 1. The molecule has 136 valence electrons. The summed E-state index contributed by atoms with van der Waals surface area (Å²) < 4.78 is 5.75. The first-order valence-corrected chi connectivity index (χ1v) is 8.65. The third-order valence-electron chi connectivity index (χ3n) is 3.79. The van der Waals surface area contributed by atoms with Crippen molar-refractivity contribution < 1.29 is 14.6 Å². The van der Waals surface area contributed by atoms with Gasteiger partial charge >= 0.3 is 5.97 Å². The van der Waals surface area contributed by atoms with Crippen molar-refractivity contribution in [1.82, 2.24) is 0 Å². The van der Waals surface area contributed by atoms with Gasteiger partial charge in [-0.25, -0.2) is 4.79 Å². The van der Waals surface area contributed by atoms with Crippen LogP contribution in [0, 0.1) is 0 Å². The molecule has 0 heterocycles. The van der Waals surface area contributed by atoms with E-state index in [2.05, 4.69) is 10.2 Å². The van der Waals surface area contributed by atoms with E-state index in [1.165, 1.54) is 12.1 Å². The van der Waals surface area contributed by atoms with Gasteiger partial charge in [0.1, 0.15) is 12.4 Å². The van der Waals surface area contributed by atoms with Gasteiger partial charge in [0.25, 0.3) is 0 Å². The average Bonchev–Trinajstić information content (AvgIpc) is 2.69. The molecular formula is C21H17ClN2O3. The van der Waals surface area contributed by atoms with Gasteiger partial charge in [-0.2, -0.15) is 10.2 Å². The predicted molar refractivity (Wildman–Crippen MR) is 104 cm³/mol. The van der Waals surface area contributed by atoms with Crippen LogP contribution in [-0.2, 0) is 13.2 Å². The van der Waals surface area contributed by atoms with Crippen LogP contribution in [0.15, 0.2) is 83.0 Å². The average molecular weight is 381 g/mol. The summed E-state index contributed by atoms with van der Waals surface area (Å²) in [7, 11) is 0. The number of benzene rings is 3. The molecule has 0 fully saturated rings. The molecular weight excluding hydrogens is 364 g/mol. The number of halogens is 1.